The van der Waals surface area contributed by atoms with Gasteiger partial charge in [0.1, 0.15) is 0 Å². The number of nitrogens with two attached hydrogens (primary N) is 1. The Labute approximate surface area is 124 Å². The Hall–Kier alpha value is -2.80. The third-order valence-corrected chi connectivity index (χ3v) is 3.27. The van der Waals surface area contributed by atoms with Gasteiger partial charge in [-0.3, -0.25) is 4.79 Å². The van der Waals surface area contributed by atoms with Crippen molar-refractivity contribution in [1.82, 2.24) is 0 Å². The van der Waals surface area contributed by atoms with Crippen LogP contribution in [0.2, 0.25) is 0 Å². The maximum Gasteiger partial charge on any atom is 0.255 e. The Balaban J connectivity index is 2.16. The van der Waals surface area contributed by atoms with E-state index >= 15 is 0 Å². The van der Waals surface area contributed by atoms with E-state index in [-0.39, 0.29) is 5.91 Å². The van der Waals surface area contributed by atoms with Crippen molar-refractivity contribution < 1.29 is 4.79 Å². The normalized spacial score (nSPS) is 10.2. The van der Waals surface area contributed by atoms with E-state index in [2.05, 4.69) is 19.2 Å². The van der Waals surface area contributed by atoms with Gasteiger partial charge in [0.15, 0.2) is 0 Å². The van der Waals surface area contributed by atoms with Crippen LogP contribution in [0, 0.1) is 11.3 Å². The minimum Gasteiger partial charge on any atom is -0.397 e. The molecular weight excluding hydrogens is 262 g/mol. The topological polar surface area (TPSA) is 78.9 Å². The fourth-order valence-electron chi connectivity index (χ4n) is 1.96. The monoisotopic (exact) mass is 279 g/mol. The number of benzene rings is 2. The number of nitrogens with zero attached hydrogens (tertiary/aromatic N) is 1. The van der Waals surface area contributed by atoms with Crippen LogP contribution >= 0.6 is 0 Å². The molecule has 0 aliphatic rings. The predicted molar refractivity (Wildman–Crippen MR) is 84.1 cm³/mol. The number of nitrogen functional groups attached to an aromatic ring is 1. The van der Waals surface area contributed by atoms with Crippen LogP contribution < -0.4 is 11.1 Å². The minimum absolute atomic E-state index is 0.221. The van der Waals surface area contributed by atoms with Crippen molar-refractivity contribution in [3.8, 4) is 6.07 Å². The van der Waals surface area contributed by atoms with E-state index in [1.807, 2.05) is 18.2 Å². The van der Waals surface area contributed by atoms with E-state index in [1.165, 1.54) is 11.6 Å². The molecule has 2 aromatic rings. The number of anilines is 2. The Bertz CT molecular complexity index is 697. The highest BCUT2D eigenvalue weighted by molar-refractivity contribution is 6.05. The van der Waals surface area contributed by atoms with Crippen molar-refractivity contribution in [3.05, 3.63) is 59.2 Å². The molecule has 0 spiro atoms. The van der Waals surface area contributed by atoms with Crippen LogP contribution in [-0.2, 0) is 0 Å². The number of carbonyl (C=O) groups excluding carboxylic acids is 1. The summed E-state index contributed by atoms with van der Waals surface area (Å²) in [5, 5.41) is 11.5. The summed E-state index contributed by atoms with van der Waals surface area (Å²) in [4.78, 5) is 12.2. The van der Waals surface area contributed by atoms with Crippen molar-refractivity contribution >= 4 is 17.3 Å². The average Bonchev–Trinajstić information content (AvgIpc) is 2.49. The summed E-state index contributed by atoms with van der Waals surface area (Å²) in [6.45, 7) is 4.21. The van der Waals surface area contributed by atoms with Gasteiger partial charge in [-0.1, -0.05) is 26.0 Å². The van der Waals surface area contributed by atoms with E-state index in [1.54, 1.807) is 24.3 Å². The van der Waals surface area contributed by atoms with Crippen LogP contribution in [0.1, 0.15) is 41.3 Å². The average molecular weight is 279 g/mol. The summed E-state index contributed by atoms with van der Waals surface area (Å²) in [5.41, 5.74) is 8.93. The molecule has 3 N–H and O–H groups in total. The Kier molecular flexibility index (Phi) is 4.24. The zero-order chi connectivity index (χ0) is 15.4. The smallest absolute Gasteiger partial charge is 0.255 e. The van der Waals surface area contributed by atoms with Crippen molar-refractivity contribution in [1.29, 1.82) is 5.26 Å². The molecule has 4 nitrogen and oxygen atoms in total. The third kappa shape index (κ3) is 3.40. The quantitative estimate of drug-likeness (QED) is 0.844. The van der Waals surface area contributed by atoms with Gasteiger partial charge in [-0.2, -0.15) is 5.26 Å². The highest BCUT2D eigenvalue weighted by Gasteiger charge is 2.09. The second-order valence-corrected chi connectivity index (χ2v) is 5.14. The summed E-state index contributed by atoms with van der Waals surface area (Å²) in [6.07, 6.45) is 0. The van der Waals surface area contributed by atoms with Gasteiger partial charge in [0.05, 0.1) is 23.0 Å². The Morgan fingerprint density at radius 1 is 1.19 bits per heavy atom. The van der Waals surface area contributed by atoms with Gasteiger partial charge >= 0.3 is 0 Å². The molecule has 4 heteroatoms. The molecule has 0 bridgehead atoms. The summed E-state index contributed by atoms with van der Waals surface area (Å²) in [7, 11) is 0. The second kappa shape index (κ2) is 6.10. The van der Waals surface area contributed by atoms with Crippen molar-refractivity contribution in [2.24, 2.45) is 0 Å². The molecule has 0 heterocycles. The first-order chi connectivity index (χ1) is 10.0. The number of amides is 1. The molecule has 0 saturated carbocycles. The lowest BCUT2D eigenvalue weighted by Crippen LogP contribution is -2.13. The maximum absolute atomic E-state index is 12.2. The van der Waals surface area contributed by atoms with Gasteiger partial charge < -0.3 is 11.1 Å². The summed E-state index contributed by atoms with van der Waals surface area (Å²) >= 11 is 0. The molecule has 2 aromatic carbocycles. The highest BCUT2D eigenvalue weighted by atomic mass is 16.1. The third-order valence-electron chi connectivity index (χ3n) is 3.27. The molecule has 0 fully saturated rings. The molecule has 2 rings (SSSR count). The van der Waals surface area contributed by atoms with Gasteiger partial charge in [0.2, 0.25) is 0 Å². The SMILES string of the molecule is CC(C)c1ccc(C(=O)Nc2ccc(C#N)cc2N)cc1. The van der Waals surface area contributed by atoms with E-state index in [4.69, 9.17) is 11.0 Å². The lowest BCUT2D eigenvalue weighted by molar-refractivity contribution is 0.102. The number of nitriles is 1. The molecule has 106 valence electrons. The number of nitrogens with one attached hydrogen (secondary N) is 1. The van der Waals surface area contributed by atoms with Gasteiger partial charge in [0, 0.05) is 5.56 Å². The fourth-order valence-corrected chi connectivity index (χ4v) is 1.96. The van der Waals surface area contributed by atoms with E-state index in [0.717, 1.165) is 0 Å². The second-order valence-electron chi connectivity index (χ2n) is 5.14. The molecule has 0 unspecified atom stereocenters. The van der Waals surface area contributed by atoms with E-state index < -0.39 is 0 Å². The van der Waals surface area contributed by atoms with Crippen LogP contribution in [0.25, 0.3) is 0 Å². The zero-order valence-corrected chi connectivity index (χ0v) is 12.1. The van der Waals surface area contributed by atoms with E-state index in [0.29, 0.717) is 28.4 Å². The van der Waals surface area contributed by atoms with Crippen LogP contribution in [-0.4, -0.2) is 5.91 Å². The molecule has 21 heavy (non-hydrogen) atoms. The van der Waals surface area contributed by atoms with Gasteiger partial charge in [-0.15, -0.1) is 0 Å². The first kappa shape index (κ1) is 14.6. The number of hydrogen-bond donors (Lipinski definition) is 2. The van der Waals surface area contributed by atoms with Gasteiger partial charge in [-0.25, -0.2) is 0 Å². The Morgan fingerprint density at radius 2 is 1.86 bits per heavy atom. The van der Waals surface area contributed by atoms with Crippen LogP contribution in [0.15, 0.2) is 42.5 Å². The van der Waals surface area contributed by atoms with E-state index in [9.17, 15) is 4.79 Å². The van der Waals surface area contributed by atoms with Gasteiger partial charge in [-0.05, 0) is 41.8 Å². The first-order valence-electron chi connectivity index (χ1n) is 6.72. The molecule has 0 atom stereocenters. The first-order valence-corrected chi connectivity index (χ1v) is 6.72. The number of hydrogen-bond acceptors (Lipinski definition) is 3. The fraction of sp³-hybridized carbons (Fsp3) is 0.176. The molecule has 0 radical (unpaired) electrons. The molecule has 1 amide bonds. The highest BCUT2D eigenvalue weighted by Crippen LogP contribution is 2.21. The van der Waals surface area contributed by atoms with Crippen molar-refractivity contribution in [2.45, 2.75) is 19.8 Å². The summed E-state index contributed by atoms with van der Waals surface area (Å²) < 4.78 is 0. The Morgan fingerprint density at radius 3 is 2.38 bits per heavy atom. The predicted octanol–water partition coefficient (Wildman–Crippen LogP) is 3.52. The molecule has 0 aliphatic carbocycles. The number of carbonyl (C=O) groups is 1. The minimum atomic E-state index is -0.221. The lowest BCUT2D eigenvalue weighted by atomic mass is 10.0. The molecule has 0 aliphatic heterocycles. The van der Waals surface area contributed by atoms with Crippen molar-refractivity contribution in [2.75, 3.05) is 11.1 Å². The number of rotatable bonds is 3. The van der Waals surface area contributed by atoms with Crippen LogP contribution in [0.3, 0.4) is 0 Å². The molecular formula is C17H17N3O. The van der Waals surface area contributed by atoms with Gasteiger partial charge in [0.25, 0.3) is 5.91 Å². The maximum atomic E-state index is 12.2. The van der Waals surface area contributed by atoms with Crippen molar-refractivity contribution in [3.63, 3.8) is 0 Å². The summed E-state index contributed by atoms with van der Waals surface area (Å²) in [6, 6.07) is 14.3. The van der Waals surface area contributed by atoms with Crippen LogP contribution in [0.4, 0.5) is 11.4 Å². The van der Waals surface area contributed by atoms with Crippen LogP contribution in [0.5, 0.6) is 0 Å². The molecule has 0 saturated heterocycles. The summed E-state index contributed by atoms with van der Waals surface area (Å²) in [5.74, 6) is 0.206. The molecule has 0 aromatic heterocycles. The largest absolute Gasteiger partial charge is 0.397 e. The standard InChI is InChI=1S/C17H17N3O/c1-11(2)13-4-6-14(7-5-13)17(21)20-16-8-3-12(10-18)9-15(16)19/h3-9,11H,19H2,1-2H3,(H,20,21). The lowest BCUT2D eigenvalue weighted by Gasteiger charge is -2.10. The zero-order valence-electron chi connectivity index (χ0n) is 12.1.